The number of hydrogen-bond acceptors (Lipinski definition) is 7. The number of carbonyl (C=O) groups is 2. The lowest BCUT2D eigenvalue weighted by atomic mass is 9.90. The van der Waals surface area contributed by atoms with Gasteiger partial charge in [0, 0.05) is 38.9 Å². The average Bonchev–Trinajstić information content (AvgIpc) is 3.21. The molecule has 0 bridgehead atoms. The van der Waals surface area contributed by atoms with Gasteiger partial charge in [0.15, 0.2) is 12.1 Å². The first-order chi connectivity index (χ1) is 15.6. The fourth-order valence-corrected chi connectivity index (χ4v) is 4.56. The van der Waals surface area contributed by atoms with Gasteiger partial charge in [-0.05, 0) is 36.4 Å². The number of anilines is 1. The summed E-state index contributed by atoms with van der Waals surface area (Å²) in [5, 5.41) is 20.5. The van der Waals surface area contributed by atoms with Gasteiger partial charge < -0.3 is 0 Å². The van der Waals surface area contributed by atoms with E-state index in [1.807, 2.05) is 12.1 Å². The van der Waals surface area contributed by atoms with Gasteiger partial charge in [-0.2, -0.15) is 10.5 Å². The van der Waals surface area contributed by atoms with E-state index < -0.39 is 29.5 Å². The van der Waals surface area contributed by atoms with E-state index in [2.05, 4.69) is 9.98 Å². The minimum atomic E-state index is -1.04. The molecule has 32 heavy (non-hydrogen) atoms. The molecular formula is C23H10N6O3. The second-order valence-corrected chi connectivity index (χ2v) is 7.48. The predicted molar refractivity (Wildman–Crippen MR) is 112 cm³/mol. The van der Waals surface area contributed by atoms with Gasteiger partial charge in [-0.25, -0.2) is 14.9 Å². The molecule has 2 aliphatic heterocycles. The topological polar surface area (TPSA) is 132 Å². The Balaban J connectivity index is 1.74. The zero-order valence-corrected chi connectivity index (χ0v) is 16.2. The molecule has 150 valence electrons. The molecular weight excluding hydrogens is 408 g/mol. The Kier molecular flexibility index (Phi) is 3.40. The molecule has 6 rings (SSSR count). The lowest BCUT2D eigenvalue weighted by molar-refractivity contribution is 0.0892. The fourth-order valence-electron chi connectivity index (χ4n) is 4.56. The lowest BCUT2D eigenvalue weighted by Crippen LogP contribution is -2.41. The molecule has 2 aromatic heterocycles. The molecule has 9 nitrogen and oxygen atoms in total. The second kappa shape index (κ2) is 6.06. The zero-order valence-electron chi connectivity index (χ0n) is 16.2. The summed E-state index contributed by atoms with van der Waals surface area (Å²) in [6.07, 6.45) is 1.49. The van der Waals surface area contributed by atoms with Crippen molar-refractivity contribution < 1.29 is 9.59 Å². The van der Waals surface area contributed by atoms with Crippen LogP contribution in [0.1, 0.15) is 26.8 Å². The van der Waals surface area contributed by atoms with Crippen LogP contribution in [-0.2, 0) is 0 Å². The Labute approximate surface area is 179 Å². The third kappa shape index (κ3) is 2.02. The van der Waals surface area contributed by atoms with Crippen molar-refractivity contribution in [3.63, 3.8) is 0 Å². The Hall–Kier alpha value is -4.89. The number of hydrogen-bond donors (Lipinski definition) is 0. The number of amides is 2. The zero-order chi connectivity index (χ0) is 22.1. The first-order valence-electron chi connectivity index (χ1n) is 9.67. The monoisotopic (exact) mass is 418 g/mol. The quantitative estimate of drug-likeness (QED) is 0.432. The van der Waals surface area contributed by atoms with E-state index in [4.69, 9.17) is 0 Å². The summed E-state index contributed by atoms with van der Waals surface area (Å²) in [4.78, 5) is 49.4. The van der Waals surface area contributed by atoms with Crippen LogP contribution < -0.4 is 15.9 Å². The van der Waals surface area contributed by atoms with Gasteiger partial charge in [0.05, 0.1) is 12.1 Å². The van der Waals surface area contributed by atoms with Crippen LogP contribution in [-0.4, -0.2) is 27.4 Å². The predicted octanol–water partition coefficient (Wildman–Crippen LogP) is 1.66. The molecule has 0 saturated heterocycles. The molecule has 4 heterocycles. The summed E-state index contributed by atoms with van der Waals surface area (Å²) in [5.41, 5.74) is 0.242. The molecule has 0 radical (unpaired) electrons. The summed E-state index contributed by atoms with van der Waals surface area (Å²) in [5.74, 6) is -0.881. The largest absolute Gasteiger partial charge is 0.272 e. The molecule has 2 aliphatic rings. The van der Waals surface area contributed by atoms with Crippen LogP contribution in [0.5, 0.6) is 0 Å². The van der Waals surface area contributed by atoms with E-state index >= 15 is 0 Å². The molecule has 2 atom stereocenters. The Morgan fingerprint density at radius 3 is 2.19 bits per heavy atom. The highest BCUT2D eigenvalue weighted by atomic mass is 16.2. The highest BCUT2D eigenvalue weighted by Crippen LogP contribution is 2.36. The summed E-state index contributed by atoms with van der Waals surface area (Å²) in [6, 6.07) is 13.1. The number of carbonyl (C=O) groups excluding carboxylic acids is 2. The van der Waals surface area contributed by atoms with Gasteiger partial charge in [-0.3, -0.25) is 19.0 Å². The van der Waals surface area contributed by atoms with Crippen LogP contribution in [0.4, 0.5) is 5.82 Å². The first-order valence-corrected chi connectivity index (χ1v) is 9.67. The van der Waals surface area contributed by atoms with E-state index in [1.165, 1.54) is 22.9 Å². The molecule has 9 heteroatoms. The normalized spacial score (nSPS) is 19.0. The highest BCUT2D eigenvalue weighted by molar-refractivity contribution is 6.37. The minimum Gasteiger partial charge on any atom is -0.272 e. The third-order valence-electron chi connectivity index (χ3n) is 5.93. The second-order valence-electron chi connectivity index (χ2n) is 7.48. The van der Waals surface area contributed by atoms with Gasteiger partial charge in [0.25, 0.3) is 17.4 Å². The molecule has 2 amide bonds. The number of benzene rings is 2. The summed E-state index contributed by atoms with van der Waals surface area (Å²) >= 11 is 0. The highest BCUT2D eigenvalue weighted by Gasteiger charge is 2.37. The summed E-state index contributed by atoms with van der Waals surface area (Å²) in [7, 11) is 0. The molecule has 4 aromatic rings. The molecule has 0 spiro atoms. The average molecular weight is 418 g/mol. The number of nitriles is 2. The number of nitrogens with zero attached hydrogens (tertiary/aromatic N) is 6. The first kappa shape index (κ1) is 17.9. The van der Waals surface area contributed by atoms with E-state index in [9.17, 15) is 24.9 Å². The van der Waals surface area contributed by atoms with Gasteiger partial charge in [-0.1, -0.05) is 6.07 Å². The third-order valence-corrected chi connectivity index (χ3v) is 5.93. The maximum absolute atomic E-state index is 13.3. The van der Waals surface area contributed by atoms with Crippen molar-refractivity contribution in [1.29, 1.82) is 10.5 Å². The maximum Gasteiger partial charge on any atom is 0.267 e. The number of imide groups is 1. The number of pyridine rings is 2. The van der Waals surface area contributed by atoms with Crippen LogP contribution in [0.15, 0.2) is 58.4 Å². The van der Waals surface area contributed by atoms with Gasteiger partial charge >= 0.3 is 0 Å². The van der Waals surface area contributed by atoms with E-state index in [-0.39, 0.29) is 27.8 Å². The molecule has 0 saturated carbocycles. The summed E-state index contributed by atoms with van der Waals surface area (Å²) in [6.45, 7) is 0. The molecule has 2 aromatic carbocycles. The van der Waals surface area contributed by atoms with Crippen LogP contribution >= 0.6 is 0 Å². The van der Waals surface area contributed by atoms with Crippen molar-refractivity contribution in [3.8, 4) is 12.1 Å². The van der Waals surface area contributed by atoms with E-state index in [1.54, 1.807) is 30.3 Å². The maximum atomic E-state index is 13.3. The van der Waals surface area contributed by atoms with E-state index in [0.717, 1.165) is 4.90 Å². The van der Waals surface area contributed by atoms with Gasteiger partial charge in [-0.15, -0.1) is 0 Å². The molecule has 0 aliphatic carbocycles. The van der Waals surface area contributed by atoms with Crippen molar-refractivity contribution in [2.45, 2.75) is 12.1 Å². The van der Waals surface area contributed by atoms with Crippen LogP contribution in [0.2, 0.25) is 0 Å². The molecule has 0 fully saturated rings. The fraction of sp³-hybridized carbons (Fsp3) is 0.0870. The smallest absolute Gasteiger partial charge is 0.267 e. The summed E-state index contributed by atoms with van der Waals surface area (Å²) < 4.78 is 1.22. The van der Waals surface area contributed by atoms with Crippen molar-refractivity contribution >= 4 is 39.2 Å². The van der Waals surface area contributed by atoms with Crippen LogP contribution in [0.25, 0.3) is 21.5 Å². The van der Waals surface area contributed by atoms with Crippen molar-refractivity contribution in [1.82, 2.24) is 9.55 Å². The molecule has 0 N–H and O–H groups in total. The number of rotatable bonds is 1. The lowest BCUT2D eigenvalue weighted by Gasteiger charge is -2.27. The van der Waals surface area contributed by atoms with Gasteiger partial charge in [0.2, 0.25) is 0 Å². The van der Waals surface area contributed by atoms with Crippen molar-refractivity contribution in [2.24, 2.45) is 4.99 Å². The van der Waals surface area contributed by atoms with Crippen molar-refractivity contribution in [2.75, 3.05) is 4.90 Å². The van der Waals surface area contributed by atoms with Gasteiger partial charge in [0.1, 0.15) is 11.3 Å². The van der Waals surface area contributed by atoms with Crippen molar-refractivity contribution in [3.05, 3.63) is 75.6 Å². The molecule has 2 unspecified atom stereocenters. The standard InChI is InChI=1S/C23H10N6O3/c24-9-15-16(10-25)28-20(27-15)11-4-5-13-19-14(7-6-12(18(11)19)21(28)30)23(32)29(22(13)31)17-3-1-2-8-26-17/h1-8,15-16H. The Bertz CT molecular complexity index is 1700. The number of fused-ring (bicyclic) bond motifs is 2. The SMILES string of the molecule is N#CC1N=c2c3ccc4c5c(ccc(c(=O)n2C1C#N)c53)C(=O)N(c1ccccn1)C4=O. The minimum absolute atomic E-state index is 0.205. The van der Waals surface area contributed by atoms with Crippen LogP contribution in [0, 0.1) is 22.7 Å². The van der Waals surface area contributed by atoms with Crippen LogP contribution in [0.3, 0.4) is 0 Å². The number of aromatic nitrogens is 2. The Morgan fingerprint density at radius 2 is 1.56 bits per heavy atom. The van der Waals surface area contributed by atoms with E-state index in [0.29, 0.717) is 16.2 Å². The Morgan fingerprint density at radius 1 is 0.844 bits per heavy atom.